The lowest BCUT2D eigenvalue weighted by atomic mass is 10.1. The van der Waals surface area contributed by atoms with Gasteiger partial charge in [0.1, 0.15) is 0 Å². The molecule has 1 atom stereocenters. The van der Waals surface area contributed by atoms with E-state index in [1.54, 1.807) is 6.21 Å². The molecule has 0 aliphatic carbocycles. The van der Waals surface area contributed by atoms with Gasteiger partial charge in [0.25, 0.3) is 0 Å². The largest absolute Gasteiger partial charge is 0.411 e. The van der Waals surface area contributed by atoms with Crippen LogP contribution in [0.25, 0.3) is 0 Å². The molecule has 64 valence electrons. The molecular weight excluding hydrogens is 138 g/mol. The average molecular weight is 155 g/mol. The number of hydrogen-bond donors (Lipinski definition) is 1. The highest BCUT2D eigenvalue weighted by molar-refractivity contribution is 5.59. The van der Waals surface area contributed by atoms with Crippen molar-refractivity contribution in [2.45, 2.75) is 33.6 Å². The van der Waals surface area contributed by atoms with Crippen LogP contribution in [0.2, 0.25) is 0 Å². The zero-order chi connectivity index (χ0) is 8.69. The fourth-order valence-corrected chi connectivity index (χ4v) is 0.823. The molecule has 2 nitrogen and oxygen atoms in total. The van der Waals surface area contributed by atoms with E-state index in [2.05, 4.69) is 25.1 Å². The number of oxime groups is 1. The van der Waals surface area contributed by atoms with Gasteiger partial charge in [-0.3, -0.25) is 0 Å². The molecule has 2 heteroatoms. The van der Waals surface area contributed by atoms with E-state index in [1.165, 1.54) is 5.57 Å². The zero-order valence-electron chi connectivity index (χ0n) is 7.54. The minimum Gasteiger partial charge on any atom is -0.411 e. The van der Waals surface area contributed by atoms with Gasteiger partial charge in [-0.1, -0.05) is 18.6 Å². The summed E-state index contributed by atoms with van der Waals surface area (Å²) in [5.41, 5.74) is 1.35. The Bertz CT molecular complexity index is 146. The molecule has 1 N–H and O–H groups in total. The summed E-state index contributed by atoms with van der Waals surface area (Å²) >= 11 is 0. The Morgan fingerprint density at radius 3 is 2.64 bits per heavy atom. The standard InChI is InChI=1S/C9H17NO/c1-8(2)5-4-6-9(3)7-10-11/h5,7,9,11H,4,6H2,1-3H3/b10-7+. The van der Waals surface area contributed by atoms with Crippen molar-refractivity contribution in [3.8, 4) is 0 Å². The monoisotopic (exact) mass is 155 g/mol. The van der Waals surface area contributed by atoms with Crippen molar-refractivity contribution in [3.63, 3.8) is 0 Å². The molecule has 0 rings (SSSR count). The first kappa shape index (κ1) is 10.2. The molecule has 0 saturated heterocycles. The second kappa shape index (κ2) is 5.96. The van der Waals surface area contributed by atoms with Crippen molar-refractivity contribution in [2.24, 2.45) is 11.1 Å². The van der Waals surface area contributed by atoms with Gasteiger partial charge in [0, 0.05) is 6.21 Å². The van der Waals surface area contributed by atoms with Crippen molar-refractivity contribution in [2.75, 3.05) is 0 Å². The lowest BCUT2D eigenvalue weighted by Gasteiger charge is -2.00. The normalized spacial score (nSPS) is 13.4. The predicted molar refractivity (Wildman–Crippen MR) is 48.1 cm³/mol. The Morgan fingerprint density at radius 1 is 1.55 bits per heavy atom. The van der Waals surface area contributed by atoms with Crippen LogP contribution in [0.3, 0.4) is 0 Å². The molecule has 0 bridgehead atoms. The van der Waals surface area contributed by atoms with E-state index in [0.29, 0.717) is 5.92 Å². The van der Waals surface area contributed by atoms with Crippen molar-refractivity contribution in [3.05, 3.63) is 11.6 Å². The van der Waals surface area contributed by atoms with Crippen LogP contribution in [0.1, 0.15) is 33.6 Å². The molecule has 0 aromatic heterocycles. The van der Waals surface area contributed by atoms with Gasteiger partial charge in [-0.25, -0.2) is 0 Å². The first-order valence-corrected chi connectivity index (χ1v) is 3.97. The van der Waals surface area contributed by atoms with Gasteiger partial charge in [0.05, 0.1) is 0 Å². The molecule has 0 fully saturated rings. The van der Waals surface area contributed by atoms with Crippen molar-refractivity contribution < 1.29 is 5.21 Å². The topological polar surface area (TPSA) is 32.6 Å². The molecule has 0 amide bonds. The van der Waals surface area contributed by atoms with Crippen LogP contribution in [0.15, 0.2) is 16.8 Å². The van der Waals surface area contributed by atoms with Crippen molar-refractivity contribution in [1.82, 2.24) is 0 Å². The average Bonchev–Trinajstić information content (AvgIpc) is 1.87. The van der Waals surface area contributed by atoms with Gasteiger partial charge in [-0.2, -0.15) is 0 Å². The van der Waals surface area contributed by atoms with Gasteiger partial charge in [-0.05, 0) is 32.6 Å². The number of hydrogen-bond acceptors (Lipinski definition) is 2. The quantitative estimate of drug-likeness (QED) is 0.288. The Labute approximate surface area is 68.6 Å². The van der Waals surface area contributed by atoms with E-state index in [9.17, 15) is 0 Å². The Hall–Kier alpha value is -0.790. The SMILES string of the molecule is CC(C)=CCCC(C)/C=N/O. The molecule has 0 spiro atoms. The van der Waals surface area contributed by atoms with E-state index in [0.717, 1.165) is 12.8 Å². The van der Waals surface area contributed by atoms with Crippen molar-refractivity contribution >= 4 is 6.21 Å². The molecule has 0 aliphatic heterocycles. The molecule has 1 unspecified atom stereocenters. The van der Waals surface area contributed by atoms with E-state index >= 15 is 0 Å². The summed E-state index contributed by atoms with van der Waals surface area (Å²) in [5, 5.41) is 11.2. The predicted octanol–water partition coefficient (Wildman–Crippen LogP) is 2.83. The minimum atomic E-state index is 0.371. The highest BCUT2D eigenvalue weighted by Crippen LogP contribution is 2.04. The van der Waals surface area contributed by atoms with Gasteiger partial charge in [0.2, 0.25) is 0 Å². The van der Waals surface area contributed by atoms with Crippen LogP contribution >= 0.6 is 0 Å². The minimum absolute atomic E-state index is 0.371. The van der Waals surface area contributed by atoms with Crippen LogP contribution in [-0.2, 0) is 0 Å². The summed E-state index contributed by atoms with van der Waals surface area (Å²) in [6, 6.07) is 0. The smallest absolute Gasteiger partial charge is 0.0464 e. The molecule has 0 radical (unpaired) electrons. The summed E-state index contributed by atoms with van der Waals surface area (Å²) in [4.78, 5) is 0. The molecule has 0 saturated carbocycles. The van der Waals surface area contributed by atoms with Gasteiger partial charge < -0.3 is 5.21 Å². The van der Waals surface area contributed by atoms with E-state index < -0.39 is 0 Å². The molecular formula is C9H17NO. The maximum atomic E-state index is 8.20. The van der Waals surface area contributed by atoms with E-state index in [-0.39, 0.29) is 0 Å². The van der Waals surface area contributed by atoms with Crippen molar-refractivity contribution in [1.29, 1.82) is 0 Å². The van der Waals surface area contributed by atoms with Crippen LogP contribution < -0.4 is 0 Å². The third kappa shape index (κ3) is 7.10. The van der Waals surface area contributed by atoms with Crippen LogP contribution in [0.5, 0.6) is 0 Å². The summed E-state index contributed by atoms with van der Waals surface area (Å²) in [6.07, 6.45) is 5.88. The summed E-state index contributed by atoms with van der Waals surface area (Å²) in [7, 11) is 0. The molecule has 0 heterocycles. The Morgan fingerprint density at radius 2 is 2.18 bits per heavy atom. The maximum Gasteiger partial charge on any atom is 0.0464 e. The fourth-order valence-electron chi connectivity index (χ4n) is 0.823. The zero-order valence-corrected chi connectivity index (χ0v) is 7.54. The highest BCUT2D eigenvalue weighted by Gasteiger charge is 1.95. The van der Waals surface area contributed by atoms with E-state index in [1.807, 2.05) is 6.92 Å². The maximum absolute atomic E-state index is 8.20. The molecule has 0 aromatic carbocycles. The fraction of sp³-hybridized carbons (Fsp3) is 0.667. The van der Waals surface area contributed by atoms with Crippen LogP contribution in [0, 0.1) is 5.92 Å². The first-order valence-electron chi connectivity index (χ1n) is 3.97. The third-order valence-corrected chi connectivity index (χ3v) is 1.50. The van der Waals surface area contributed by atoms with Gasteiger partial charge >= 0.3 is 0 Å². The number of nitrogens with zero attached hydrogens (tertiary/aromatic N) is 1. The van der Waals surface area contributed by atoms with Crippen LogP contribution in [0.4, 0.5) is 0 Å². The second-order valence-corrected chi connectivity index (χ2v) is 3.10. The molecule has 0 aliphatic rings. The third-order valence-electron chi connectivity index (χ3n) is 1.50. The van der Waals surface area contributed by atoms with E-state index in [4.69, 9.17) is 5.21 Å². The summed E-state index contributed by atoms with van der Waals surface area (Å²) in [5.74, 6) is 0.371. The first-order chi connectivity index (χ1) is 5.16. The Kier molecular flexibility index (Phi) is 5.53. The lowest BCUT2D eigenvalue weighted by molar-refractivity contribution is 0.318. The number of rotatable bonds is 4. The van der Waals surface area contributed by atoms with Gasteiger partial charge in [-0.15, -0.1) is 5.16 Å². The Balaban J connectivity index is 3.46. The second-order valence-electron chi connectivity index (χ2n) is 3.10. The van der Waals surface area contributed by atoms with Crippen LogP contribution in [-0.4, -0.2) is 11.4 Å². The lowest BCUT2D eigenvalue weighted by Crippen LogP contribution is -1.94. The molecule has 0 aromatic rings. The molecule has 11 heavy (non-hydrogen) atoms. The number of allylic oxidation sites excluding steroid dienone is 2. The summed E-state index contributed by atoms with van der Waals surface area (Å²) < 4.78 is 0. The summed E-state index contributed by atoms with van der Waals surface area (Å²) in [6.45, 7) is 6.22. The highest BCUT2D eigenvalue weighted by atomic mass is 16.4. The van der Waals surface area contributed by atoms with Gasteiger partial charge in [0.15, 0.2) is 0 Å².